The van der Waals surface area contributed by atoms with Crippen LogP contribution in [0, 0.1) is 0 Å². The predicted molar refractivity (Wildman–Crippen MR) is 133 cm³/mol. The molecule has 1 atom stereocenters. The van der Waals surface area contributed by atoms with Crippen molar-refractivity contribution in [1.29, 1.82) is 0 Å². The first-order chi connectivity index (χ1) is 16.3. The second-order valence-electron chi connectivity index (χ2n) is 8.58. The Labute approximate surface area is 208 Å². The minimum atomic E-state index is -0.676. The van der Waals surface area contributed by atoms with E-state index in [-0.39, 0.29) is 11.9 Å². The monoisotopic (exact) mass is 499 g/mol. The third kappa shape index (κ3) is 3.91. The fraction of sp³-hybridized carbons (Fsp3) is 0.333. The first-order valence-corrected chi connectivity index (χ1v) is 11.9. The molecule has 0 aromatic heterocycles. The highest BCUT2D eigenvalue weighted by Crippen LogP contribution is 2.28. The summed E-state index contributed by atoms with van der Waals surface area (Å²) in [5.41, 5.74) is 1.98. The number of benzene rings is 2. The summed E-state index contributed by atoms with van der Waals surface area (Å²) < 4.78 is 2.18. The van der Waals surface area contributed by atoms with Gasteiger partial charge in [-0.25, -0.2) is 9.69 Å². The van der Waals surface area contributed by atoms with Gasteiger partial charge in [-0.3, -0.25) is 19.2 Å². The quantitative estimate of drug-likeness (QED) is 0.609. The zero-order valence-corrected chi connectivity index (χ0v) is 20.5. The van der Waals surface area contributed by atoms with Crippen LogP contribution in [0.1, 0.15) is 5.56 Å². The molecule has 0 saturated carbocycles. The molecule has 2 fully saturated rings. The maximum absolute atomic E-state index is 13.2. The molecule has 10 heteroatoms. The largest absolute Gasteiger partial charge is 0.392 e. The van der Waals surface area contributed by atoms with Crippen LogP contribution in [-0.4, -0.2) is 89.3 Å². The second-order valence-corrected chi connectivity index (χ2v) is 9.43. The van der Waals surface area contributed by atoms with E-state index in [2.05, 4.69) is 15.5 Å². The van der Waals surface area contributed by atoms with E-state index in [4.69, 9.17) is 28.2 Å². The molecule has 0 bridgehead atoms. The summed E-state index contributed by atoms with van der Waals surface area (Å²) in [5, 5.41) is 1.34. The van der Waals surface area contributed by atoms with Crippen LogP contribution in [0.4, 0.5) is 10.5 Å². The number of carbonyl (C=O) groups excluding carboxylic acids is 2. The van der Waals surface area contributed by atoms with Crippen LogP contribution in [0.3, 0.4) is 0 Å². The normalized spacial score (nSPS) is 20.8. The SMILES string of the molecule is CN1C(=O)C2C(=NC(=[N+]3CCN(c4cccc(Cl)c4)CC3)N2Cc2ccccc2Cl)N(C)C1=O. The van der Waals surface area contributed by atoms with Crippen molar-refractivity contribution in [1.82, 2.24) is 14.7 Å². The molecule has 3 aliphatic heterocycles. The predicted octanol–water partition coefficient (Wildman–Crippen LogP) is 2.99. The van der Waals surface area contributed by atoms with Crippen LogP contribution >= 0.6 is 23.2 Å². The van der Waals surface area contributed by atoms with E-state index in [0.29, 0.717) is 41.5 Å². The molecule has 0 spiro atoms. The first-order valence-electron chi connectivity index (χ1n) is 11.1. The number of piperazine rings is 1. The second kappa shape index (κ2) is 8.92. The number of nitrogens with zero attached hydrogens (tertiary/aromatic N) is 6. The molecule has 1 unspecified atom stereocenters. The molecule has 0 N–H and O–H groups in total. The highest BCUT2D eigenvalue weighted by atomic mass is 35.5. The van der Waals surface area contributed by atoms with Crippen LogP contribution in [0.25, 0.3) is 0 Å². The Morgan fingerprint density at radius 3 is 2.44 bits per heavy atom. The number of imide groups is 1. The number of rotatable bonds is 3. The molecular formula is C24H25Cl2N6O2+. The number of amides is 3. The van der Waals surface area contributed by atoms with Crippen molar-refractivity contribution in [2.45, 2.75) is 12.6 Å². The smallest absolute Gasteiger partial charge is 0.365 e. The van der Waals surface area contributed by atoms with Gasteiger partial charge < -0.3 is 4.90 Å². The Bertz CT molecular complexity index is 1220. The molecule has 5 rings (SSSR count). The van der Waals surface area contributed by atoms with Crippen molar-refractivity contribution in [2.75, 3.05) is 45.2 Å². The average molecular weight is 500 g/mol. The van der Waals surface area contributed by atoms with E-state index in [1.54, 1.807) is 7.05 Å². The zero-order valence-electron chi connectivity index (χ0n) is 19.0. The molecular weight excluding hydrogens is 475 g/mol. The first kappa shape index (κ1) is 22.7. The summed E-state index contributed by atoms with van der Waals surface area (Å²) in [6.45, 7) is 3.39. The van der Waals surface area contributed by atoms with Gasteiger partial charge in [0.1, 0.15) is 0 Å². The average Bonchev–Trinajstić information content (AvgIpc) is 3.22. The van der Waals surface area contributed by atoms with Crippen molar-refractivity contribution >= 4 is 52.6 Å². The van der Waals surface area contributed by atoms with Crippen LogP contribution in [0.2, 0.25) is 10.0 Å². The highest BCUT2D eigenvalue weighted by molar-refractivity contribution is 6.31. The summed E-state index contributed by atoms with van der Waals surface area (Å²) in [5.74, 6) is 0.850. The van der Waals surface area contributed by atoms with Crippen LogP contribution in [-0.2, 0) is 11.3 Å². The summed E-state index contributed by atoms with van der Waals surface area (Å²) in [6.07, 6.45) is 0. The van der Waals surface area contributed by atoms with Crippen molar-refractivity contribution in [3.05, 3.63) is 64.1 Å². The lowest BCUT2D eigenvalue weighted by atomic mass is 10.1. The number of anilines is 1. The van der Waals surface area contributed by atoms with Gasteiger partial charge in [-0.1, -0.05) is 52.5 Å². The van der Waals surface area contributed by atoms with E-state index >= 15 is 0 Å². The van der Waals surface area contributed by atoms with Crippen molar-refractivity contribution in [2.24, 2.45) is 4.99 Å². The molecule has 8 nitrogen and oxygen atoms in total. The summed E-state index contributed by atoms with van der Waals surface area (Å²) >= 11 is 12.6. The molecule has 2 aromatic rings. The number of likely N-dealkylation sites (N-methyl/N-ethyl adjacent to an activating group) is 2. The number of guanidine groups is 1. The molecule has 0 radical (unpaired) electrons. The number of aliphatic imine (C=N–C) groups is 1. The van der Waals surface area contributed by atoms with Crippen LogP contribution in [0.5, 0.6) is 0 Å². The minimum Gasteiger partial charge on any atom is -0.365 e. The number of hydrogen-bond donors (Lipinski definition) is 0. The highest BCUT2D eigenvalue weighted by Gasteiger charge is 2.55. The van der Waals surface area contributed by atoms with Crippen molar-refractivity contribution in [3.8, 4) is 0 Å². The number of amidine groups is 1. The van der Waals surface area contributed by atoms with Gasteiger partial charge in [0, 0.05) is 48.5 Å². The Hall–Kier alpha value is -3.10. The molecule has 3 aliphatic rings. The Morgan fingerprint density at radius 1 is 1.00 bits per heavy atom. The zero-order chi connectivity index (χ0) is 24.0. The van der Waals surface area contributed by atoms with Crippen molar-refractivity contribution in [3.63, 3.8) is 0 Å². The van der Waals surface area contributed by atoms with Gasteiger partial charge in [0.05, 0.1) is 19.6 Å². The molecule has 3 amide bonds. The number of urea groups is 1. The molecule has 3 heterocycles. The standard InChI is InChI=1S/C24H25Cl2N6O2/c1-28-21-20(22(33)29(2)24(28)34)32(15-16-6-3-4-9-19(16)26)23(27-21)31-12-10-30(11-13-31)18-8-5-7-17(25)14-18/h3-9,14,20H,10-13,15H2,1-2H3/q+1. The lowest BCUT2D eigenvalue weighted by molar-refractivity contribution is -0.535. The van der Waals surface area contributed by atoms with E-state index in [0.717, 1.165) is 29.2 Å². The lowest BCUT2D eigenvalue weighted by Crippen LogP contribution is -2.62. The number of fused-ring (bicyclic) bond motifs is 1. The van der Waals surface area contributed by atoms with Gasteiger partial charge in [0.25, 0.3) is 5.91 Å². The fourth-order valence-electron chi connectivity index (χ4n) is 4.65. The van der Waals surface area contributed by atoms with Gasteiger partial charge in [-0.05, 0) is 24.3 Å². The van der Waals surface area contributed by atoms with E-state index in [1.807, 2.05) is 47.4 Å². The fourth-order valence-corrected chi connectivity index (χ4v) is 5.03. The maximum atomic E-state index is 13.2. The number of carbonyl (C=O) groups is 2. The number of hydrogen-bond acceptors (Lipinski definition) is 3. The molecule has 176 valence electrons. The van der Waals surface area contributed by atoms with E-state index in [1.165, 1.54) is 11.9 Å². The van der Waals surface area contributed by atoms with E-state index in [9.17, 15) is 9.59 Å². The van der Waals surface area contributed by atoms with Crippen LogP contribution < -0.4 is 4.90 Å². The Kier molecular flexibility index (Phi) is 5.95. The molecule has 2 saturated heterocycles. The van der Waals surface area contributed by atoms with Gasteiger partial charge >= 0.3 is 12.0 Å². The topological polar surface area (TPSA) is 62.5 Å². The third-order valence-corrected chi connectivity index (χ3v) is 7.15. The molecule has 0 aliphatic carbocycles. The van der Waals surface area contributed by atoms with Gasteiger partial charge in [0.15, 0.2) is 0 Å². The molecule has 34 heavy (non-hydrogen) atoms. The van der Waals surface area contributed by atoms with Crippen molar-refractivity contribution < 1.29 is 14.2 Å². The summed E-state index contributed by atoms with van der Waals surface area (Å²) in [6, 6.07) is 14.4. The maximum Gasteiger partial charge on any atom is 0.392 e. The molecule has 2 aromatic carbocycles. The minimum absolute atomic E-state index is 0.290. The van der Waals surface area contributed by atoms with Gasteiger partial charge in [0.2, 0.25) is 11.9 Å². The van der Waals surface area contributed by atoms with Gasteiger partial charge in [-0.2, -0.15) is 0 Å². The number of halogens is 2. The van der Waals surface area contributed by atoms with Crippen LogP contribution in [0.15, 0.2) is 53.5 Å². The summed E-state index contributed by atoms with van der Waals surface area (Å²) in [7, 11) is 3.16. The van der Waals surface area contributed by atoms with E-state index < -0.39 is 6.04 Å². The lowest BCUT2D eigenvalue weighted by Gasteiger charge is -2.34. The van der Waals surface area contributed by atoms with Gasteiger partial charge in [-0.15, -0.1) is 0 Å². The summed E-state index contributed by atoms with van der Waals surface area (Å²) in [4.78, 5) is 37.5. The Balaban J connectivity index is 1.49. The Morgan fingerprint density at radius 2 is 1.74 bits per heavy atom. The third-order valence-electron chi connectivity index (χ3n) is 6.54.